The van der Waals surface area contributed by atoms with E-state index in [-0.39, 0.29) is 0 Å². The molecule has 92 valence electrons. The molecule has 0 bridgehead atoms. The number of benzene rings is 1. The van der Waals surface area contributed by atoms with Crippen LogP contribution in [0.15, 0.2) is 30.3 Å². The van der Waals surface area contributed by atoms with Gasteiger partial charge in [-0.15, -0.1) is 11.3 Å². The van der Waals surface area contributed by atoms with Crippen LogP contribution in [0.25, 0.3) is 10.4 Å². The Labute approximate surface area is 112 Å². The lowest BCUT2D eigenvalue weighted by Crippen LogP contribution is -2.31. The highest BCUT2D eigenvalue weighted by atomic mass is 32.1. The van der Waals surface area contributed by atoms with Crippen LogP contribution in [0, 0.1) is 6.92 Å². The number of rotatable bonds is 1. The van der Waals surface area contributed by atoms with Gasteiger partial charge in [-0.05, 0) is 42.5 Å². The minimum absolute atomic E-state index is 0.505. The molecule has 1 N–H and O–H groups in total. The zero-order chi connectivity index (χ0) is 12.2. The van der Waals surface area contributed by atoms with Crippen molar-refractivity contribution in [3.63, 3.8) is 0 Å². The first-order valence-corrected chi connectivity index (χ1v) is 7.50. The molecule has 0 radical (unpaired) electrons. The number of hydrogen-bond donors (Lipinski definition) is 1. The molecule has 1 spiro atoms. The van der Waals surface area contributed by atoms with Gasteiger partial charge in [-0.2, -0.15) is 0 Å². The van der Waals surface area contributed by atoms with Gasteiger partial charge in [0.25, 0.3) is 0 Å². The first kappa shape index (κ1) is 10.8. The predicted molar refractivity (Wildman–Crippen MR) is 77.1 cm³/mol. The maximum Gasteiger partial charge on any atom is 0.0351 e. The third-order valence-corrected chi connectivity index (χ3v) is 5.56. The van der Waals surface area contributed by atoms with E-state index in [9.17, 15) is 0 Å². The van der Waals surface area contributed by atoms with Gasteiger partial charge in [0.1, 0.15) is 0 Å². The highest BCUT2D eigenvalue weighted by Crippen LogP contribution is 2.53. The zero-order valence-corrected chi connectivity index (χ0v) is 11.4. The molecule has 1 aromatic carbocycles. The van der Waals surface area contributed by atoms with Crippen LogP contribution in [0.5, 0.6) is 0 Å². The summed E-state index contributed by atoms with van der Waals surface area (Å²) in [5, 5.41) is 3.58. The van der Waals surface area contributed by atoms with Gasteiger partial charge in [0.05, 0.1) is 0 Å². The van der Waals surface area contributed by atoms with Crippen LogP contribution in [-0.4, -0.2) is 6.54 Å². The molecule has 2 heteroatoms. The van der Waals surface area contributed by atoms with E-state index in [2.05, 4.69) is 42.6 Å². The van der Waals surface area contributed by atoms with E-state index >= 15 is 0 Å². The Morgan fingerprint density at radius 1 is 1.22 bits per heavy atom. The van der Waals surface area contributed by atoms with E-state index in [1.54, 1.807) is 10.4 Å². The number of hydrogen-bond acceptors (Lipinski definition) is 2. The molecule has 4 rings (SSSR count). The molecular weight excluding hydrogens is 238 g/mol. The van der Waals surface area contributed by atoms with Crippen LogP contribution in [0.2, 0.25) is 0 Å². The van der Waals surface area contributed by atoms with Gasteiger partial charge < -0.3 is 5.32 Å². The van der Waals surface area contributed by atoms with Gasteiger partial charge in [0.15, 0.2) is 0 Å². The van der Waals surface area contributed by atoms with Crippen molar-refractivity contribution in [2.24, 2.45) is 0 Å². The molecule has 2 aromatic rings. The summed E-state index contributed by atoms with van der Waals surface area (Å²) in [4.78, 5) is 3.02. The van der Waals surface area contributed by atoms with Crippen LogP contribution in [0.4, 0.5) is 0 Å². The van der Waals surface area contributed by atoms with Gasteiger partial charge in [-0.3, -0.25) is 0 Å². The average molecular weight is 255 g/mol. The van der Waals surface area contributed by atoms with Crippen molar-refractivity contribution in [1.29, 1.82) is 0 Å². The first-order valence-electron chi connectivity index (χ1n) is 6.68. The summed E-state index contributed by atoms with van der Waals surface area (Å²) in [7, 11) is 0. The molecule has 1 nitrogen and oxygen atoms in total. The Balaban J connectivity index is 1.85. The summed E-state index contributed by atoms with van der Waals surface area (Å²) in [6.07, 6.45) is 2.74. The predicted octanol–water partition coefficient (Wildman–Crippen LogP) is 3.86. The zero-order valence-electron chi connectivity index (χ0n) is 10.6. The molecular formula is C16H17NS. The third kappa shape index (κ3) is 1.49. The fourth-order valence-corrected chi connectivity index (χ4v) is 4.44. The van der Waals surface area contributed by atoms with Crippen LogP contribution >= 0.6 is 11.3 Å². The van der Waals surface area contributed by atoms with Crippen molar-refractivity contribution in [3.05, 3.63) is 46.3 Å². The lowest BCUT2D eigenvalue weighted by Gasteiger charge is -2.22. The Bertz CT molecular complexity index is 607. The molecule has 0 unspecified atom stereocenters. The van der Waals surface area contributed by atoms with E-state index in [4.69, 9.17) is 0 Å². The molecule has 1 aliphatic heterocycles. The third-order valence-electron chi connectivity index (χ3n) is 4.39. The lowest BCUT2D eigenvalue weighted by atomic mass is 9.92. The largest absolute Gasteiger partial charge is 0.311 e. The second-order valence-electron chi connectivity index (χ2n) is 5.65. The molecule has 1 saturated carbocycles. The standard InChI is InChI=1S/C16H17NS/c1-11-4-2-3-5-12(11)14-8-13-15(18-14)9-17-10-16(13)6-7-16/h2-5,8,17H,6-7,9-10H2,1H3. The summed E-state index contributed by atoms with van der Waals surface area (Å²) in [6.45, 7) is 4.46. The second-order valence-corrected chi connectivity index (χ2v) is 6.78. The fraction of sp³-hybridized carbons (Fsp3) is 0.375. The van der Waals surface area contributed by atoms with Crippen LogP contribution in [-0.2, 0) is 12.0 Å². The molecule has 0 saturated heterocycles. The molecule has 18 heavy (non-hydrogen) atoms. The number of fused-ring (bicyclic) bond motifs is 2. The van der Waals surface area contributed by atoms with Gasteiger partial charge in [-0.1, -0.05) is 24.3 Å². The van der Waals surface area contributed by atoms with Crippen molar-refractivity contribution in [2.75, 3.05) is 6.54 Å². The Morgan fingerprint density at radius 3 is 2.83 bits per heavy atom. The van der Waals surface area contributed by atoms with Crippen molar-refractivity contribution in [1.82, 2.24) is 5.32 Å². The normalized spacial score (nSPS) is 19.8. The maximum atomic E-state index is 3.58. The van der Waals surface area contributed by atoms with Gasteiger partial charge in [-0.25, -0.2) is 0 Å². The number of nitrogens with one attached hydrogen (secondary N) is 1. The number of thiophene rings is 1. The summed E-state index contributed by atoms with van der Waals surface area (Å²) in [5.74, 6) is 0. The van der Waals surface area contributed by atoms with E-state index in [1.807, 2.05) is 11.3 Å². The quantitative estimate of drug-likeness (QED) is 0.816. The van der Waals surface area contributed by atoms with E-state index in [0.717, 1.165) is 6.54 Å². The van der Waals surface area contributed by atoms with Crippen molar-refractivity contribution in [3.8, 4) is 10.4 Å². The molecule has 2 aliphatic rings. The van der Waals surface area contributed by atoms with Gasteiger partial charge >= 0.3 is 0 Å². The van der Waals surface area contributed by atoms with Crippen molar-refractivity contribution in [2.45, 2.75) is 31.7 Å². The highest BCUT2D eigenvalue weighted by molar-refractivity contribution is 7.15. The van der Waals surface area contributed by atoms with Crippen LogP contribution in [0.1, 0.15) is 28.8 Å². The van der Waals surface area contributed by atoms with E-state index < -0.39 is 0 Å². The SMILES string of the molecule is Cc1ccccc1-c1cc2c(s1)CNCC21CC1. The van der Waals surface area contributed by atoms with E-state index in [1.165, 1.54) is 35.4 Å². The summed E-state index contributed by atoms with van der Waals surface area (Å²) >= 11 is 1.98. The molecule has 1 fully saturated rings. The van der Waals surface area contributed by atoms with Gasteiger partial charge in [0.2, 0.25) is 0 Å². The van der Waals surface area contributed by atoms with Crippen molar-refractivity contribution >= 4 is 11.3 Å². The minimum Gasteiger partial charge on any atom is -0.311 e. The van der Waals surface area contributed by atoms with Crippen LogP contribution in [0.3, 0.4) is 0 Å². The molecule has 0 atom stereocenters. The monoisotopic (exact) mass is 255 g/mol. The smallest absolute Gasteiger partial charge is 0.0351 e. The Hall–Kier alpha value is -1.12. The maximum absolute atomic E-state index is 3.58. The molecule has 0 amide bonds. The summed E-state index contributed by atoms with van der Waals surface area (Å²) < 4.78 is 0. The second kappa shape index (κ2) is 3.69. The summed E-state index contributed by atoms with van der Waals surface area (Å²) in [5.41, 5.74) is 4.94. The van der Waals surface area contributed by atoms with Gasteiger partial charge in [0, 0.05) is 28.3 Å². The van der Waals surface area contributed by atoms with Crippen LogP contribution < -0.4 is 5.32 Å². The topological polar surface area (TPSA) is 12.0 Å². The Morgan fingerprint density at radius 2 is 2.06 bits per heavy atom. The van der Waals surface area contributed by atoms with Crippen molar-refractivity contribution < 1.29 is 0 Å². The molecule has 1 aromatic heterocycles. The minimum atomic E-state index is 0.505. The lowest BCUT2D eigenvalue weighted by molar-refractivity contribution is 0.539. The fourth-order valence-electron chi connectivity index (χ4n) is 3.10. The Kier molecular flexibility index (Phi) is 2.21. The number of aryl methyl sites for hydroxylation is 1. The highest BCUT2D eigenvalue weighted by Gasteiger charge is 2.47. The molecule has 1 aliphatic carbocycles. The van der Waals surface area contributed by atoms with E-state index in [0.29, 0.717) is 5.41 Å². The average Bonchev–Trinajstić information content (AvgIpc) is 3.00. The molecule has 2 heterocycles. The summed E-state index contributed by atoms with van der Waals surface area (Å²) in [6, 6.07) is 11.2. The first-order chi connectivity index (χ1) is 8.78.